The number of aromatic nitrogens is 2. The zero-order valence-electron chi connectivity index (χ0n) is 20.3. The maximum atomic E-state index is 15.8. The average Bonchev–Trinajstić information content (AvgIpc) is 2.86. The highest BCUT2D eigenvalue weighted by molar-refractivity contribution is 5.88. The lowest BCUT2D eigenvalue weighted by atomic mass is 9.95. The Morgan fingerprint density at radius 3 is 2.40 bits per heavy atom. The van der Waals surface area contributed by atoms with Crippen LogP contribution in [0, 0.1) is 5.82 Å². The molecular formula is C29H30FN5. The van der Waals surface area contributed by atoms with E-state index in [0.29, 0.717) is 39.3 Å². The molecule has 0 radical (unpaired) electrons. The summed E-state index contributed by atoms with van der Waals surface area (Å²) in [5.74, 6) is -0.431. The van der Waals surface area contributed by atoms with E-state index in [-0.39, 0.29) is 0 Å². The summed E-state index contributed by atoms with van der Waals surface area (Å²) in [5, 5.41) is 6.35. The molecule has 4 N–H and O–H groups in total. The zero-order chi connectivity index (χ0) is 25.5. The Hall–Kier alpha value is -4.45. The highest BCUT2D eigenvalue weighted by Gasteiger charge is 2.19. The summed E-state index contributed by atoms with van der Waals surface area (Å²) in [6, 6.07) is 9.06. The number of rotatable bonds is 9. The first-order valence-corrected chi connectivity index (χ1v) is 11.1. The largest absolute Gasteiger partial charge is 0.397 e. The lowest BCUT2D eigenvalue weighted by Crippen LogP contribution is -2.14. The van der Waals surface area contributed by atoms with Gasteiger partial charge >= 0.3 is 0 Å². The molecule has 0 aliphatic rings. The van der Waals surface area contributed by atoms with Gasteiger partial charge in [0.2, 0.25) is 0 Å². The fourth-order valence-corrected chi connectivity index (χ4v) is 3.74. The van der Waals surface area contributed by atoms with Gasteiger partial charge in [-0.3, -0.25) is 9.97 Å². The quantitative estimate of drug-likeness (QED) is 0.310. The summed E-state index contributed by atoms with van der Waals surface area (Å²) in [6.07, 6.45) is 10.3. The second kappa shape index (κ2) is 11.1. The third kappa shape index (κ3) is 5.55. The van der Waals surface area contributed by atoms with Gasteiger partial charge in [0, 0.05) is 71.2 Å². The van der Waals surface area contributed by atoms with Gasteiger partial charge in [0.05, 0.1) is 5.69 Å². The minimum absolute atomic E-state index is 0.325. The number of hydrogen-bond acceptors (Lipinski definition) is 5. The lowest BCUT2D eigenvalue weighted by Gasteiger charge is -2.20. The first-order chi connectivity index (χ1) is 16.8. The molecule has 0 spiro atoms. The Kier molecular flexibility index (Phi) is 8.00. The topological polar surface area (TPSA) is 75.9 Å². The van der Waals surface area contributed by atoms with Crippen LogP contribution in [0.1, 0.15) is 25.0 Å². The minimum atomic E-state index is -0.431. The van der Waals surface area contributed by atoms with Gasteiger partial charge in [0.15, 0.2) is 0 Å². The summed E-state index contributed by atoms with van der Waals surface area (Å²) >= 11 is 0. The average molecular weight is 468 g/mol. The molecule has 0 bridgehead atoms. The second-order valence-corrected chi connectivity index (χ2v) is 7.99. The van der Waals surface area contributed by atoms with Crippen molar-refractivity contribution in [2.24, 2.45) is 0 Å². The summed E-state index contributed by atoms with van der Waals surface area (Å²) in [6.45, 7) is 16.1. The third-order valence-electron chi connectivity index (χ3n) is 5.73. The van der Waals surface area contributed by atoms with Crippen molar-refractivity contribution in [1.29, 1.82) is 0 Å². The molecule has 0 amide bonds. The van der Waals surface area contributed by atoms with Gasteiger partial charge in [-0.05, 0) is 60.9 Å². The number of nitrogens with zero attached hydrogens (tertiary/aromatic N) is 2. The number of benzene rings is 1. The number of nitrogen functional groups attached to an aromatic ring is 1. The molecule has 0 fully saturated rings. The van der Waals surface area contributed by atoms with Crippen molar-refractivity contribution < 1.29 is 4.39 Å². The maximum absolute atomic E-state index is 15.8. The molecule has 35 heavy (non-hydrogen) atoms. The Balaban J connectivity index is 1.97. The van der Waals surface area contributed by atoms with Crippen molar-refractivity contribution in [2.75, 3.05) is 18.1 Å². The van der Waals surface area contributed by atoms with Crippen molar-refractivity contribution in [3.63, 3.8) is 0 Å². The van der Waals surface area contributed by atoms with E-state index in [4.69, 9.17) is 5.73 Å². The van der Waals surface area contributed by atoms with Crippen LogP contribution in [-0.4, -0.2) is 17.0 Å². The number of hydrogen-bond donors (Lipinski definition) is 3. The zero-order valence-corrected chi connectivity index (χ0v) is 20.3. The highest BCUT2D eigenvalue weighted by Crippen LogP contribution is 2.36. The van der Waals surface area contributed by atoms with Crippen LogP contribution in [0.3, 0.4) is 0 Å². The van der Waals surface area contributed by atoms with Gasteiger partial charge in [0.1, 0.15) is 5.82 Å². The first kappa shape index (κ1) is 25.2. The number of pyridine rings is 2. The summed E-state index contributed by atoms with van der Waals surface area (Å²) < 4.78 is 15.8. The van der Waals surface area contributed by atoms with E-state index in [0.717, 1.165) is 22.4 Å². The van der Waals surface area contributed by atoms with E-state index in [1.807, 2.05) is 32.1 Å². The first-order valence-electron chi connectivity index (χ1n) is 11.1. The predicted octanol–water partition coefficient (Wildman–Crippen LogP) is 6.59. The van der Waals surface area contributed by atoms with Crippen molar-refractivity contribution in [2.45, 2.75) is 13.8 Å². The number of anilines is 2. The molecule has 1 aromatic carbocycles. The predicted molar refractivity (Wildman–Crippen MR) is 146 cm³/mol. The van der Waals surface area contributed by atoms with Crippen molar-refractivity contribution >= 4 is 22.5 Å². The molecule has 0 aliphatic carbocycles. The van der Waals surface area contributed by atoms with Crippen LogP contribution in [0.15, 0.2) is 104 Å². The number of allylic oxidation sites excluding steroid dienone is 6. The van der Waals surface area contributed by atoms with Crippen LogP contribution in [0.4, 0.5) is 15.8 Å². The van der Waals surface area contributed by atoms with Gasteiger partial charge < -0.3 is 16.4 Å². The lowest BCUT2D eigenvalue weighted by molar-refractivity contribution is 0.628. The van der Waals surface area contributed by atoms with Gasteiger partial charge in [-0.1, -0.05) is 31.9 Å². The van der Waals surface area contributed by atoms with Gasteiger partial charge in [0.25, 0.3) is 0 Å². The van der Waals surface area contributed by atoms with E-state index in [1.54, 1.807) is 49.9 Å². The molecule has 6 heteroatoms. The Labute approximate surface area is 206 Å². The van der Waals surface area contributed by atoms with Crippen LogP contribution in [0.25, 0.3) is 22.3 Å². The van der Waals surface area contributed by atoms with Crippen LogP contribution in [0.5, 0.6) is 0 Å². The van der Waals surface area contributed by atoms with E-state index in [9.17, 15) is 0 Å². The minimum Gasteiger partial charge on any atom is -0.397 e. The van der Waals surface area contributed by atoms with Gasteiger partial charge in [-0.25, -0.2) is 4.39 Å². The van der Waals surface area contributed by atoms with Crippen LogP contribution in [-0.2, 0) is 0 Å². The molecule has 0 unspecified atom stereocenters. The molecule has 2 heterocycles. The van der Waals surface area contributed by atoms with Crippen molar-refractivity contribution in [3.8, 4) is 11.1 Å². The Bertz CT molecular complexity index is 1340. The van der Waals surface area contributed by atoms with Crippen LogP contribution in [0.2, 0.25) is 0 Å². The van der Waals surface area contributed by atoms with E-state index in [2.05, 4.69) is 40.3 Å². The maximum Gasteiger partial charge on any atom is 0.141 e. The van der Waals surface area contributed by atoms with E-state index in [1.165, 1.54) is 6.20 Å². The standard InChI is InChI=1S/C29H30FN5/c1-7-8-25(22-11-13-33-14-12-22)18(2)20(4)35-21(5)19(3)28-27(32-6)10-9-26(29(28)30)23-15-24(31)17-34-16-23/h7-17,32,35H,1,3,5,31H2,2,4,6H3/b20-18+,25-8+. The molecule has 0 atom stereocenters. The molecular weight excluding hydrogens is 437 g/mol. The molecule has 3 aromatic rings. The number of nitrogens with one attached hydrogen (secondary N) is 2. The highest BCUT2D eigenvalue weighted by atomic mass is 19.1. The summed E-state index contributed by atoms with van der Waals surface area (Å²) in [5.41, 5.74) is 12.9. The summed E-state index contributed by atoms with van der Waals surface area (Å²) in [7, 11) is 1.74. The Morgan fingerprint density at radius 2 is 1.77 bits per heavy atom. The smallest absolute Gasteiger partial charge is 0.141 e. The molecule has 178 valence electrons. The molecule has 0 saturated heterocycles. The second-order valence-electron chi connectivity index (χ2n) is 7.99. The van der Waals surface area contributed by atoms with E-state index < -0.39 is 5.82 Å². The normalized spacial score (nSPS) is 11.9. The summed E-state index contributed by atoms with van der Waals surface area (Å²) in [4.78, 5) is 8.18. The molecule has 0 aliphatic heterocycles. The fraction of sp³-hybridized carbons (Fsp3) is 0.103. The SMILES string of the molecule is C=C/C=C(\C(C)=C(/C)NC(=C)C(=C)c1c(NC)ccc(-c2cncc(N)c2)c1F)c1ccncc1. The van der Waals surface area contributed by atoms with E-state index >= 15 is 4.39 Å². The number of halogens is 1. The van der Waals surface area contributed by atoms with Crippen molar-refractivity contribution in [1.82, 2.24) is 15.3 Å². The van der Waals surface area contributed by atoms with Crippen molar-refractivity contribution in [3.05, 3.63) is 121 Å². The molecule has 3 rings (SSSR count). The van der Waals surface area contributed by atoms with Gasteiger partial charge in [-0.15, -0.1) is 0 Å². The molecule has 0 saturated carbocycles. The van der Waals surface area contributed by atoms with Crippen LogP contribution >= 0.6 is 0 Å². The number of nitrogens with two attached hydrogens (primary N) is 1. The third-order valence-corrected chi connectivity index (χ3v) is 5.73. The Morgan fingerprint density at radius 1 is 1.06 bits per heavy atom. The fourth-order valence-electron chi connectivity index (χ4n) is 3.74. The van der Waals surface area contributed by atoms with Crippen LogP contribution < -0.4 is 16.4 Å². The van der Waals surface area contributed by atoms with Gasteiger partial charge in [-0.2, -0.15) is 0 Å². The monoisotopic (exact) mass is 467 g/mol. The molecule has 2 aromatic heterocycles. The molecule has 5 nitrogen and oxygen atoms in total.